The normalized spacial score (nSPS) is 10.8. The highest BCUT2D eigenvalue weighted by atomic mass is 16.4. The van der Waals surface area contributed by atoms with Crippen LogP contribution in [-0.2, 0) is 9.59 Å². The van der Waals surface area contributed by atoms with Crippen LogP contribution in [0.3, 0.4) is 0 Å². The summed E-state index contributed by atoms with van der Waals surface area (Å²) in [5.41, 5.74) is 0. The van der Waals surface area contributed by atoms with Crippen molar-refractivity contribution in [3.05, 3.63) is 0 Å². The van der Waals surface area contributed by atoms with Crippen LogP contribution >= 0.6 is 0 Å². The van der Waals surface area contributed by atoms with Gasteiger partial charge in [0, 0.05) is 12.8 Å². The number of carboxylic acid groups (broad SMARTS) is 2. The van der Waals surface area contributed by atoms with Gasteiger partial charge in [0.1, 0.15) is 0 Å². The lowest BCUT2D eigenvalue weighted by Gasteiger charge is -2.02. The lowest BCUT2D eigenvalue weighted by molar-refractivity contribution is -0.138. The van der Waals surface area contributed by atoms with Gasteiger partial charge in [0.2, 0.25) is 0 Å². The molecule has 0 spiro atoms. The maximum Gasteiger partial charge on any atom is 0.303 e. The van der Waals surface area contributed by atoms with Crippen LogP contribution in [0.15, 0.2) is 0 Å². The Kier molecular flexibility index (Phi) is 37.0. The summed E-state index contributed by atoms with van der Waals surface area (Å²) >= 11 is 0. The van der Waals surface area contributed by atoms with Crippen molar-refractivity contribution in [2.24, 2.45) is 0 Å². The molecule has 228 valence electrons. The summed E-state index contributed by atoms with van der Waals surface area (Å²) in [7, 11) is 0. The summed E-state index contributed by atoms with van der Waals surface area (Å²) in [5.74, 6) is -1.31. The van der Waals surface area contributed by atoms with Gasteiger partial charge >= 0.3 is 11.9 Å². The van der Waals surface area contributed by atoms with E-state index in [1.807, 2.05) is 0 Å². The van der Waals surface area contributed by atoms with E-state index in [2.05, 4.69) is 13.8 Å². The number of rotatable bonds is 30. The summed E-state index contributed by atoms with van der Waals surface area (Å²) in [4.78, 5) is 20.6. The number of aliphatic carboxylic acids is 2. The standard InChI is InChI=1S/2C17H34O2/c2*1-2-3-4-5-6-7-8-9-10-11-12-13-14-15-16-17(18)19/h2*2-16H2,1H3,(H,18,19). The van der Waals surface area contributed by atoms with E-state index in [9.17, 15) is 9.59 Å². The van der Waals surface area contributed by atoms with E-state index in [1.165, 1.54) is 154 Å². The van der Waals surface area contributed by atoms with E-state index >= 15 is 0 Å². The Bertz CT molecular complexity index is 421. The summed E-state index contributed by atoms with van der Waals surface area (Å²) in [6.45, 7) is 4.53. The van der Waals surface area contributed by atoms with E-state index in [-0.39, 0.29) is 0 Å². The molecule has 0 aliphatic carbocycles. The molecule has 0 rings (SSSR count). The average molecular weight is 541 g/mol. The Balaban J connectivity index is 0. The summed E-state index contributed by atoms with van der Waals surface area (Å²) in [6.07, 6.45) is 37.5. The molecule has 0 bridgehead atoms. The Morgan fingerprint density at radius 3 is 0.632 bits per heavy atom. The maximum atomic E-state index is 10.3. The van der Waals surface area contributed by atoms with E-state index in [0.29, 0.717) is 12.8 Å². The molecule has 0 heterocycles. The zero-order chi connectivity index (χ0) is 28.4. The van der Waals surface area contributed by atoms with Crippen molar-refractivity contribution in [2.75, 3.05) is 0 Å². The molecule has 0 aromatic rings. The van der Waals surface area contributed by atoms with Gasteiger partial charge in [-0.1, -0.05) is 181 Å². The largest absolute Gasteiger partial charge is 0.481 e. The van der Waals surface area contributed by atoms with Crippen molar-refractivity contribution in [3.8, 4) is 0 Å². The molecule has 0 radical (unpaired) electrons. The van der Waals surface area contributed by atoms with Gasteiger partial charge in [-0.05, 0) is 12.8 Å². The van der Waals surface area contributed by atoms with Gasteiger partial charge in [-0.3, -0.25) is 9.59 Å². The van der Waals surface area contributed by atoms with Gasteiger partial charge < -0.3 is 10.2 Å². The van der Waals surface area contributed by atoms with Crippen LogP contribution in [0.1, 0.15) is 206 Å². The van der Waals surface area contributed by atoms with Crippen molar-refractivity contribution < 1.29 is 19.8 Å². The molecule has 0 amide bonds. The lowest BCUT2D eigenvalue weighted by Crippen LogP contribution is -1.93. The first-order valence-corrected chi connectivity index (χ1v) is 17.0. The minimum atomic E-state index is -0.654. The molecular formula is C34H68O4. The monoisotopic (exact) mass is 541 g/mol. The van der Waals surface area contributed by atoms with Gasteiger partial charge in [-0.2, -0.15) is 0 Å². The van der Waals surface area contributed by atoms with Crippen LogP contribution in [0.4, 0.5) is 0 Å². The first kappa shape index (κ1) is 39.1. The maximum absolute atomic E-state index is 10.3. The number of unbranched alkanes of at least 4 members (excludes halogenated alkanes) is 26. The van der Waals surface area contributed by atoms with Gasteiger partial charge in [-0.25, -0.2) is 0 Å². The molecule has 0 aliphatic rings. The second kappa shape index (κ2) is 35.9. The lowest BCUT2D eigenvalue weighted by atomic mass is 10.0. The SMILES string of the molecule is CCCCCCCCCCCCCCCCC(=O)O.CCCCCCCCCCCCCCCCC(=O)O. The average Bonchev–Trinajstić information content (AvgIpc) is 2.89. The number of hydrogen-bond donors (Lipinski definition) is 2. The van der Waals surface area contributed by atoms with Crippen molar-refractivity contribution in [3.63, 3.8) is 0 Å². The molecule has 38 heavy (non-hydrogen) atoms. The summed E-state index contributed by atoms with van der Waals surface area (Å²) in [6, 6.07) is 0. The molecule has 0 aliphatic heterocycles. The fourth-order valence-corrected chi connectivity index (χ4v) is 4.94. The molecule has 0 atom stereocenters. The fraction of sp³-hybridized carbons (Fsp3) is 0.941. The molecule has 0 saturated heterocycles. The first-order valence-electron chi connectivity index (χ1n) is 17.0. The molecule has 4 nitrogen and oxygen atoms in total. The minimum Gasteiger partial charge on any atom is -0.481 e. The van der Waals surface area contributed by atoms with Crippen LogP contribution in [0, 0.1) is 0 Å². The molecule has 0 unspecified atom stereocenters. The smallest absolute Gasteiger partial charge is 0.303 e. The Morgan fingerprint density at radius 1 is 0.316 bits per heavy atom. The van der Waals surface area contributed by atoms with Crippen LogP contribution in [0.25, 0.3) is 0 Å². The Hall–Kier alpha value is -1.06. The van der Waals surface area contributed by atoms with Crippen molar-refractivity contribution in [1.82, 2.24) is 0 Å². The van der Waals surface area contributed by atoms with E-state index in [4.69, 9.17) is 10.2 Å². The molecule has 4 heteroatoms. The highest BCUT2D eigenvalue weighted by Gasteiger charge is 1.98. The highest BCUT2D eigenvalue weighted by Crippen LogP contribution is 2.14. The third-order valence-corrected chi connectivity index (χ3v) is 7.49. The number of carboxylic acids is 2. The van der Waals surface area contributed by atoms with E-state index < -0.39 is 11.9 Å². The number of carbonyl (C=O) groups is 2. The predicted octanol–water partition coefficient (Wildman–Crippen LogP) is 11.9. The van der Waals surface area contributed by atoms with Crippen LogP contribution < -0.4 is 0 Å². The van der Waals surface area contributed by atoms with E-state index in [1.54, 1.807) is 0 Å². The Morgan fingerprint density at radius 2 is 0.474 bits per heavy atom. The van der Waals surface area contributed by atoms with Gasteiger partial charge in [0.05, 0.1) is 0 Å². The van der Waals surface area contributed by atoms with Crippen molar-refractivity contribution >= 4 is 11.9 Å². The topological polar surface area (TPSA) is 74.6 Å². The highest BCUT2D eigenvalue weighted by molar-refractivity contribution is 5.66. The van der Waals surface area contributed by atoms with Crippen LogP contribution in [-0.4, -0.2) is 22.2 Å². The third kappa shape index (κ3) is 42.0. The molecule has 0 aromatic carbocycles. The quantitative estimate of drug-likeness (QED) is 0.0888. The van der Waals surface area contributed by atoms with Crippen molar-refractivity contribution in [2.45, 2.75) is 206 Å². The first-order chi connectivity index (χ1) is 18.5. The van der Waals surface area contributed by atoms with E-state index in [0.717, 1.165) is 25.7 Å². The zero-order valence-electron chi connectivity index (χ0n) is 25.9. The van der Waals surface area contributed by atoms with Gasteiger partial charge in [0.15, 0.2) is 0 Å². The molecule has 0 aromatic heterocycles. The molecule has 2 N–H and O–H groups in total. The minimum absolute atomic E-state index is 0.345. The second-order valence-electron chi connectivity index (χ2n) is 11.5. The zero-order valence-corrected chi connectivity index (χ0v) is 25.9. The van der Waals surface area contributed by atoms with Gasteiger partial charge in [0.25, 0.3) is 0 Å². The molecular weight excluding hydrogens is 472 g/mol. The third-order valence-electron chi connectivity index (χ3n) is 7.49. The summed E-state index contributed by atoms with van der Waals surface area (Å²) < 4.78 is 0. The molecule has 0 saturated carbocycles. The predicted molar refractivity (Wildman–Crippen MR) is 165 cm³/mol. The fourth-order valence-electron chi connectivity index (χ4n) is 4.94. The van der Waals surface area contributed by atoms with Crippen LogP contribution in [0.2, 0.25) is 0 Å². The summed E-state index contributed by atoms with van der Waals surface area (Å²) in [5, 5.41) is 17.0. The van der Waals surface area contributed by atoms with Crippen LogP contribution in [0.5, 0.6) is 0 Å². The van der Waals surface area contributed by atoms with Crippen molar-refractivity contribution in [1.29, 1.82) is 0 Å². The number of hydrogen-bond acceptors (Lipinski definition) is 2. The van der Waals surface area contributed by atoms with Gasteiger partial charge in [-0.15, -0.1) is 0 Å². The second-order valence-corrected chi connectivity index (χ2v) is 11.5. The molecule has 0 fully saturated rings. The Labute approximate surface area is 238 Å².